The number of hydrogen-bond donors (Lipinski definition) is 0. The van der Waals surface area contributed by atoms with E-state index in [0.717, 1.165) is 17.5 Å². The fraction of sp³-hybridized carbons (Fsp3) is 0.333. The first-order valence-electron chi connectivity index (χ1n) is 5.07. The lowest BCUT2D eigenvalue weighted by molar-refractivity contribution is -0.142. The number of amides is 1. The molecule has 2 rings (SSSR count). The lowest BCUT2D eigenvalue weighted by atomic mass is 9.97. The van der Waals surface area contributed by atoms with Crippen LogP contribution < -0.4 is 4.90 Å². The Hall–Kier alpha value is -1.68. The summed E-state index contributed by atoms with van der Waals surface area (Å²) in [6.45, 7) is 1.94. The van der Waals surface area contributed by atoms with E-state index in [1.165, 1.54) is 12.0 Å². The van der Waals surface area contributed by atoms with Gasteiger partial charge in [0.1, 0.15) is 12.3 Å². The molecule has 0 aromatic heterocycles. The molecule has 1 saturated heterocycles. The van der Waals surface area contributed by atoms with Crippen LogP contribution in [0.4, 0.5) is 5.69 Å². The number of ether oxygens (including phenoxy) is 1. The molecule has 1 aromatic carbocycles. The Labute approximate surface area is 93.8 Å². The number of aryl methyl sites for hydroxylation is 1. The molecule has 0 radical (unpaired) electrons. The number of carbonyl (C=O) groups excluding carboxylic acids is 2. The van der Waals surface area contributed by atoms with Crippen LogP contribution in [-0.2, 0) is 14.3 Å². The van der Waals surface area contributed by atoms with Gasteiger partial charge >= 0.3 is 0 Å². The highest BCUT2D eigenvalue weighted by Crippen LogP contribution is 2.29. The van der Waals surface area contributed by atoms with E-state index in [1.807, 2.05) is 31.2 Å². The summed E-state index contributed by atoms with van der Waals surface area (Å²) in [5.41, 5.74) is 1.80. The van der Waals surface area contributed by atoms with Gasteiger partial charge in [-0.2, -0.15) is 0 Å². The Bertz CT molecular complexity index is 430. The SMILES string of the molecule is CO[C@@H]1C(=O)N(c2cccc(C)c2)[C@@H]1C=O. The minimum atomic E-state index is -0.627. The fourth-order valence-electron chi connectivity index (χ4n) is 1.93. The zero-order valence-electron chi connectivity index (χ0n) is 9.21. The Morgan fingerprint density at radius 3 is 2.75 bits per heavy atom. The van der Waals surface area contributed by atoms with Crippen molar-refractivity contribution in [3.8, 4) is 0 Å². The van der Waals surface area contributed by atoms with Crippen molar-refractivity contribution >= 4 is 17.9 Å². The monoisotopic (exact) mass is 219 g/mol. The molecule has 1 fully saturated rings. The Morgan fingerprint density at radius 2 is 2.19 bits per heavy atom. The fourth-order valence-corrected chi connectivity index (χ4v) is 1.93. The van der Waals surface area contributed by atoms with Gasteiger partial charge in [0.15, 0.2) is 6.10 Å². The van der Waals surface area contributed by atoms with Crippen LogP contribution in [0.5, 0.6) is 0 Å². The number of benzene rings is 1. The molecule has 0 aliphatic carbocycles. The van der Waals surface area contributed by atoms with E-state index >= 15 is 0 Å². The number of carbonyl (C=O) groups is 2. The molecule has 0 N–H and O–H groups in total. The van der Waals surface area contributed by atoms with Crippen LogP contribution in [0.15, 0.2) is 24.3 Å². The lowest BCUT2D eigenvalue weighted by Crippen LogP contribution is -2.66. The molecule has 16 heavy (non-hydrogen) atoms. The lowest BCUT2D eigenvalue weighted by Gasteiger charge is -2.43. The molecule has 4 nitrogen and oxygen atoms in total. The predicted molar refractivity (Wildman–Crippen MR) is 59.3 cm³/mol. The highest BCUT2D eigenvalue weighted by atomic mass is 16.5. The summed E-state index contributed by atoms with van der Waals surface area (Å²) in [5.74, 6) is -0.162. The van der Waals surface area contributed by atoms with Crippen molar-refractivity contribution in [1.82, 2.24) is 0 Å². The maximum absolute atomic E-state index is 11.7. The molecule has 4 heteroatoms. The largest absolute Gasteiger partial charge is 0.369 e. The second kappa shape index (κ2) is 4.06. The number of methoxy groups -OCH3 is 1. The zero-order valence-corrected chi connectivity index (χ0v) is 9.21. The zero-order chi connectivity index (χ0) is 11.7. The average Bonchev–Trinajstić information content (AvgIpc) is 2.26. The predicted octanol–water partition coefficient (Wildman–Crippen LogP) is 0.924. The summed E-state index contributed by atoms with van der Waals surface area (Å²) in [6, 6.07) is 6.99. The molecule has 0 bridgehead atoms. The van der Waals surface area contributed by atoms with E-state index in [2.05, 4.69) is 0 Å². The third-order valence-electron chi connectivity index (χ3n) is 2.76. The second-order valence-electron chi connectivity index (χ2n) is 3.83. The first kappa shape index (κ1) is 10.8. The Balaban J connectivity index is 2.29. The van der Waals surface area contributed by atoms with Crippen molar-refractivity contribution in [2.24, 2.45) is 0 Å². The van der Waals surface area contributed by atoms with Crippen molar-refractivity contribution in [3.05, 3.63) is 29.8 Å². The van der Waals surface area contributed by atoms with Crippen LogP contribution in [0.2, 0.25) is 0 Å². The Kier molecular flexibility index (Phi) is 2.75. The van der Waals surface area contributed by atoms with Crippen molar-refractivity contribution in [2.45, 2.75) is 19.1 Å². The summed E-state index contributed by atoms with van der Waals surface area (Å²) >= 11 is 0. The van der Waals surface area contributed by atoms with Gasteiger partial charge in [-0.05, 0) is 24.6 Å². The van der Waals surface area contributed by atoms with Gasteiger partial charge in [-0.25, -0.2) is 0 Å². The molecule has 0 spiro atoms. The topological polar surface area (TPSA) is 46.6 Å². The van der Waals surface area contributed by atoms with Gasteiger partial charge in [-0.15, -0.1) is 0 Å². The Morgan fingerprint density at radius 1 is 1.44 bits per heavy atom. The van der Waals surface area contributed by atoms with E-state index in [9.17, 15) is 9.59 Å². The van der Waals surface area contributed by atoms with Gasteiger partial charge in [0, 0.05) is 12.8 Å². The third-order valence-corrected chi connectivity index (χ3v) is 2.76. The quantitative estimate of drug-likeness (QED) is 0.561. The molecule has 1 aliphatic rings. The van der Waals surface area contributed by atoms with E-state index in [0.29, 0.717) is 0 Å². The molecular formula is C12H13NO3. The van der Waals surface area contributed by atoms with Crippen molar-refractivity contribution in [2.75, 3.05) is 12.0 Å². The van der Waals surface area contributed by atoms with Gasteiger partial charge in [0.2, 0.25) is 0 Å². The third kappa shape index (κ3) is 1.51. The van der Waals surface area contributed by atoms with Gasteiger partial charge < -0.3 is 9.53 Å². The second-order valence-corrected chi connectivity index (χ2v) is 3.83. The minimum absolute atomic E-state index is 0.162. The number of β-lactam (4-membered cyclic amide) rings is 1. The maximum Gasteiger partial charge on any atom is 0.259 e. The molecule has 1 amide bonds. The number of rotatable bonds is 3. The normalized spacial score (nSPS) is 24.1. The molecular weight excluding hydrogens is 206 g/mol. The highest BCUT2D eigenvalue weighted by molar-refractivity contribution is 6.10. The minimum Gasteiger partial charge on any atom is -0.369 e. The number of hydrogen-bond acceptors (Lipinski definition) is 3. The summed E-state index contributed by atoms with van der Waals surface area (Å²) < 4.78 is 4.96. The van der Waals surface area contributed by atoms with Crippen LogP contribution in [0, 0.1) is 6.92 Å². The van der Waals surface area contributed by atoms with Crippen LogP contribution >= 0.6 is 0 Å². The maximum atomic E-state index is 11.7. The summed E-state index contributed by atoms with van der Waals surface area (Å²) in [5, 5.41) is 0. The average molecular weight is 219 g/mol. The molecule has 0 saturated carbocycles. The van der Waals surface area contributed by atoms with Crippen LogP contribution in [0.25, 0.3) is 0 Å². The van der Waals surface area contributed by atoms with Gasteiger partial charge in [-0.3, -0.25) is 9.69 Å². The molecule has 0 unspecified atom stereocenters. The first-order valence-corrected chi connectivity index (χ1v) is 5.07. The standard InChI is InChI=1S/C12H13NO3/c1-8-4-3-5-9(6-8)13-10(7-14)11(16-2)12(13)15/h3-7,10-11H,1-2H3/t10-,11+/m1/s1. The van der Waals surface area contributed by atoms with Gasteiger partial charge in [0.25, 0.3) is 5.91 Å². The molecule has 1 aliphatic heterocycles. The number of nitrogens with zero attached hydrogens (tertiary/aromatic N) is 1. The van der Waals surface area contributed by atoms with Gasteiger partial charge in [0.05, 0.1) is 0 Å². The van der Waals surface area contributed by atoms with Crippen LogP contribution in [0.1, 0.15) is 5.56 Å². The van der Waals surface area contributed by atoms with Crippen molar-refractivity contribution in [1.29, 1.82) is 0 Å². The van der Waals surface area contributed by atoms with E-state index in [-0.39, 0.29) is 5.91 Å². The number of aldehydes is 1. The summed E-state index contributed by atoms with van der Waals surface area (Å²) in [4.78, 5) is 24.1. The summed E-state index contributed by atoms with van der Waals surface area (Å²) in [6.07, 6.45) is 0.121. The smallest absolute Gasteiger partial charge is 0.259 e. The van der Waals surface area contributed by atoms with E-state index in [4.69, 9.17) is 4.74 Å². The van der Waals surface area contributed by atoms with E-state index < -0.39 is 12.1 Å². The molecule has 1 heterocycles. The van der Waals surface area contributed by atoms with E-state index in [1.54, 1.807) is 0 Å². The molecule has 84 valence electrons. The highest BCUT2D eigenvalue weighted by Gasteiger charge is 2.48. The first-order chi connectivity index (χ1) is 7.69. The van der Waals surface area contributed by atoms with Gasteiger partial charge in [-0.1, -0.05) is 12.1 Å². The van der Waals surface area contributed by atoms with Crippen LogP contribution in [0.3, 0.4) is 0 Å². The molecule has 1 aromatic rings. The summed E-state index contributed by atoms with van der Waals surface area (Å²) in [7, 11) is 1.44. The number of anilines is 1. The van der Waals surface area contributed by atoms with Crippen molar-refractivity contribution in [3.63, 3.8) is 0 Å². The van der Waals surface area contributed by atoms with Crippen LogP contribution in [-0.4, -0.2) is 31.4 Å². The van der Waals surface area contributed by atoms with Crippen molar-refractivity contribution < 1.29 is 14.3 Å². The molecule has 2 atom stereocenters.